The number of pyridine rings is 1. The topological polar surface area (TPSA) is 64.7 Å². The van der Waals surface area contributed by atoms with Crippen LogP contribution < -0.4 is 5.73 Å². The van der Waals surface area contributed by atoms with Gasteiger partial charge in [0.15, 0.2) is 11.6 Å². The quantitative estimate of drug-likeness (QED) is 0.828. The Morgan fingerprint density at radius 2 is 1.75 bits per heavy atom. The minimum atomic E-state index is -0.460. The summed E-state index contributed by atoms with van der Waals surface area (Å²) in [6.45, 7) is 1.87. The lowest BCUT2D eigenvalue weighted by Crippen LogP contribution is -1.96. The van der Waals surface area contributed by atoms with E-state index in [-0.39, 0.29) is 12.4 Å². The number of hydrogen-bond acceptors (Lipinski definition) is 4. The number of anilines is 1. The highest BCUT2D eigenvalue weighted by Crippen LogP contribution is 2.20. The monoisotopic (exact) mass is 240 g/mol. The number of nitrogens with two attached hydrogens (primary N) is 1. The van der Waals surface area contributed by atoms with Gasteiger partial charge in [0.05, 0.1) is 12.4 Å². The summed E-state index contributed by atoms with van der Waals surface area (Å²) in [6.07, 6.45) is 3.88. The second-order valence-corrected chi connectivity index (χ2v) is 3.15. The minimum Gasteiger partial charge on any atom is -0.384 e. The molecule has 84 valence electrons. The van der Waals surface area contributed by atoms with E-state index in [4.69, 9.17) is 5.73 Å². The van der Waals surface area contributed by atoms with E-state index in [0.717, 1.165) is 23.5 Å². The third kappa shape index (κ3) is 2.43. The third-order valence-electron chi connectivity index (χ3n) is 1.99. The van der Waals surface area contributed by atoms with E-state index in [1.54, 1.807) is 12.3 Å². The van der Waals surface area contributed by atoms with Gasteiger partial charge in [0, 0.05) is 11.8 Å². The second kappa shape index (κ2) is 4.85. The Balaban J connectivity index is 0.00000128. The van der Waals surface area contributed by atoms with Crippen LogP contribution in [0.1, 0.15) is 5.56 Å². The molecule has 2 aromatic heterocycles. The van der Waals surface area contributed by atoms with Crippen molar-refractivity contribution in [3.8, 4) is 11.4 Å². The van der Waals surface area contributed by atoms with Crippen molar-refractivity contribution in [2.75, 3.05) is 5.73 Å². The van der Waals surface area contributed by atoms with Crippen molar-refractivity contribution in [1.29, 1.82) is 0 Å². The van der Waals surface area contributed by atoms with Crippen LogP contribution in [0.3, 0.4) is 0 Å². The lowest BCUT2D eigenvalue weighted by atomic mass is 10.1. The summed E-state index contributed by atoms with van der Waals surface area (Å²) in [5.41, 5.74) is 7.22. The largest absolute Gasteiger partial charge is 0.384 e. The van der Waals surface area contributed by atoms with Crippen LogP contribution >= 0.6 is 12.4 Å². The first-order valence-electron chi connectivity index (χ1n) is 4.37. The average Bonchev–Trinajstić information content (AvgIpc) is 2.23. The number of nitrogens with zero attached hydrogens (tertiary/aromatic N) is 3. The normalized spacial score (nSPS) is 9.62. The van der Waals surface area contributed by atoms with E-state index in [0.29, 0.717) is 11.6 Å². The van der Waals surface area contributed by atoms with Crippen molar-refractivity contribution in [1.82, 2.24) is 15.0 Å². The standard InChI is InChI=1S/C10H9FN4.ClH/c1-6-3-13-9(12)2-8(6)10-14-4-7(11)5-15-10;/h2-5H,1H3,(H2,12,13);1H. The van der Waals surface area contributed by atoms with Crippen LogP contribution in [0, 0.1) is 12.7 Å². The highest BCUT2D eigenvalue weighted by Gasteiger charge is 2.06. The van der Waals surface area contributed by atoms with Crippen LogP contribution in [0.25, 0.3) is 11.4 Å². The molecule has 0 amide bonds. The fourth-order valence-corrected chi connectivity index (χ4v) is 1.23. The van der Waals surface area contributed by atoms with Crippen molar-refractivity contribution in [2.45, 2.75) is 6.92 Å². The summed E-state index contributed by atoms with van der Waals surface area (Å²) >= 11 is 0. The molecule has 2 aromatic rings. The van der Waals surface area contributed by atoms with Gasteiger partial charge in [0.25, 0.3) is 0 Å². The van der Waals surface area contributed by atoms with Gasteiger partial charge in [-0.15, -0.1) is 12.4 Å². The Morgan fingerprint density at radius 3 is 2.38 bits per heavy atom. The van der Waals surface area contributed by atoms with Gasteiger partial charge in [-0.05, 0) is 18.6 Å². The van der Waals surface area contributed by atoms with Crippen molar-refractivity contribution < 1.29 is 4.39 Å². The van der Waals surface area contributed by atoms with Gasteiger partial charge in [0.2, 0.25) is 0 Å². The number of aryl methyl sites for hydroxylation is 1. The third-order valence-corrected chi connectivity index (χ3v) is 1.99. The molecule has 0 saturated carbocycles. The van der Waals surface area contributed by atoms with Crippen molar-refractivity contribution in [2.24, 2.45) is 0 Å². The Labute approximate surface area is 98.2 Å². The average molecular weight is 241 g/mol. The smallest absolute Gasteiger partial charge is 0.159 e. The number of rotatable bonds is 1. The molecule has 0 aliphatic heterocycles. The molecule has 6 heteroatoms. The van der Waals surface area contributed by atoms with E-state index < -0.39 is 5.82 Å². The van der Waals surface area contributed by atoms with Crippen LogP contribution in [0.2, 0.25) is 0 Å². The van der Waals surface area contributed by atoms with Gasteiger partial charge in [-0.25, -0.2) is 19.3 Å². The molecule has 0 atom stereocenters. The molecule has 0 bridgehead atoms. The summed E-state index contributed by atoms with van der Waals surface area (Å²) < 4.78 is 12.6. The van der Waals surface area contributed by atoms with Gasteiger partial charge in [0.1, 0.15) is 5.82 Å². The first-order valence-corrected chi connectivity index (χ1v) is 4.37. The van der Waals surface area contributed by atoms with Crippen LogP contribution in [-0.2, 0) is 0 Å². The number of halogens is 2. The van der Waals surface area contributed by atoms with Crippen molar-refractivity contribution in [3.63, 3.8) is 0 Å². The molecule has 0 saturated heterocycles. The molecular formula is C10H10ClFN4. The first kappa shape index (κ1) is 12.3. The Bertz CT molecular complexity index is 487. The van der Waals surface area contributed by atoms with Crippen LogP contribution in [0.5, 0.6) is 0 Å². The maximum absolute atomic E-state index is 12.6. The molecule has 0 aromatic carbocycles. The Morgan fingerprint density at radius 1 is 1.12 bits per heavy atom. The lowest BCUT2D eigenvalue weighted by molar-refractivity contribution is 0.614. The van der Waals surface area contributed by atoms with Crippen LogP contribution in [0.15, 0.2) is 24.7 Å². The number of aromatic nitrogens is 3. The van der Waals surface area contributed by atoms with Crippen LogP contribution in [0.4, 0.5) is 10.2 Å². The fraction of sp³-hybridized carbons (Fsp3) is 0.100. The Kier molecular flexibility index (Phi) is 3.73. The number of nitrogen functional groups attached to an aromatic ring is 1. The van der Waals surface area contributed by atoms with Crippen molar-refractivity contribution >= 4 is 18.2 Å². The molecule has 2 N–H and O–H groups in total. The molecule has 0 aliphatic carbocycles. The second-order valence-electron chi connectivity index (χ2n) is 3.15. The zero-order valence-electron chi connectivity index (χ0n) is 8.51. The van der Waals surface area contributed by atoms with E-state index >= 15 is 0 Å². The van der Waals surface area contributed by atoms with Gasteiger partial charge in [-0.1, -0.05) is 0 Å². The number of hydrogen-bond donors (Lipinski definition) is 1. The molecule has 2 heterocycles. The van der Waals surface area contributed by atoms with Gasteiger partial charge in [-0.2, -0.15) is 0 Å². The summed E-state index contributed by atoms with van der Waals surface area (Å²) in [5, 5.41) is 0. The summed E-state index contributed by atoms with van der Waals surface area (Å²) in [7, 11) is 0. The highest BCUT2D eigenvalue weighted by atomic mass is 35.5. The van der Waals surface area contributed by atoms with Gasteiger partial charge in [-0.3, -0.25) is 0 Å². The fourth-order valence-electron chi connectivity index (χ4n) is 1.23. The molecule has 0 spiro atoms. The lowest BCUT2D eigenvalue weighted by Gasteiger charge is -2.04. The van der Waals surface area contributed by atoms with Gasteiger partial charge >= 0.3 is 0 Å². The zero-order chi connectivity index (χ0) is 10.8. The zero-order valence-corrected chi connectivity index (χ0v) is 9.33. The molecule has 2 rings (SSSR count). The maximum Gasteiger partial charge on any atom is 0.159 e. The summed E-state index contributed by atoms with van der Waals surface area (Å²) in [6, 6.07) is 1.67. The predicted octanol–water partition coefficient (Wildman–Crippen LogP) is 1.99. The highest BCUT2D eigenvalue weighted by molar-refractivity contribution is 5.85. The molecule has 0 fully saturated rings. The minimum absolute atomic E-state index is 0. The molecule has 4 nitrogen and oxygen atoms in total. The molecule has 0 unspecified atom stereocenters. The summed E-state index contributed by atoms with van der Waals surface area (Å²) in [4.78, 5) is 11.7. The maximum atomic E-state index is 12.6. The molecule has 16 heavy (non-hydrogen) atoms. The van der Waals surface area contributed by atoms with E-state index in [2.05, 4.69) is 15.0 Å². The summed E-state index contributed by atoms with van der Waals surface area (Å²) in [5.74, 6) is 0.380. The predicted molar refractivity (Wildman–Crippen MR) is 61.6 cm³/mol. The van der Waals surface area contributed by atoms with E-state index in [9.17, 15) is 4.39 Å². The first-order chi connectivity index (χ1) is 7.16. The Hall–Kier alpha value is -1.75. The van der Waals surface area contributed by atoms with Crippen molar-refractivity contribution in [3.05, 3.63) is 36.0 Å². The molecule has 0 aliphatic rings. The van der Waals surface area contributed by atoms with E-state index in [1.165, 1.54) is 0 Å². The molecular weight excluding hydrogens is 231 g/mol. The van der Waals surface area contributed by atoms with Gasteiger partial charge < -0.3 is 5.73 Å². The SMILES string of the molecule is Cc1cnc(N)cc1-c1ncc(F)cn1.Cl. The molecule has 0 radical (unpaired) electrons. The van der Waals surface area contributed by atoms with Crippen LogP contribution in [-0.4, -0.2) is 15.0 Å². The van der Waals surface area contributed by atoms with E-state index in [1.807, 2.05) is 6.92 Å².